The predicted octanol–water partition coefficient (Wildman–Crippen LogP) is 2.21. The highest BCUT2D eigenvalue weighted by atomic mass is 35.5. The van der Waals surface area contributed by atoms with Crippen molar-refractivity contribution in [2.45, 2.75) is 13.5 Å². The van der Waals surface area contributed by atoms with Crippen molar-refractivity contribution >= 4 is 11.6 Å². The first-order chi connectivity index (χ1) is 7.72. The normalized spacial score (nSPS) is 10.2. The molecule has 0 heterocycles. The molecule has 0 radical (unpaired) electrons. The van der Waals surface area contributed by atoms with E-state index < -0.39 is 0 Å². The van der Waals surface area contributed by atoms with Crippen molar-refractivity contribution < 1.29 is 19.3 Å². The highest BCUT2D eigenvalue weighted by Crippen LogP contribution is 2.34. The summed E-state index contributed by atoms with van der Waals surface area (Å²) in [6, 6.07) is 3.26. The van der Waals surface area contributed by atoms with Crippen molar-refractivity contribution in [3.63, 3.8) is 0 Å². The summed E-state index contributed by atoms with van der Waals surface area (Å²) in [7, 11) is 1.51. The van der Waals surface area contributed by atoms with Gasteiger partial charge in [0.15, 0.2) is 18.3 Å². The number of hydrogen-bond donors (Lipinski definition) is 1. The highest BCUT2D eigenvalue weighted by Gasteiger charge is 2.12. The van der Waals surface area contributed by atoms with Gasteiger partial charge < -0.3 is 19.3 Å². The molecule has 0 aromatic heterocycles. The molecule has 0 aliphatic rings. The van der Waals surface area contributed by atoms with Gasteiger partial charge in [0, 0.05) is 23.3 Å². The van der Waals surface area contributed by atoms with Crippen LogP contribution in [0.25, 0.3) is 0 Å². The summed E-state index contributed by atoms with van der Waals surface area (Å²) >= 11 is 5.86. The van der Waals surface area contributed by atoms with Crippen LogP contribution in [0.15, 0.2) is 12.1 Å². The quantitative estimate of drug-likeness (QED) is 0.618. The van der Waals surface area contributed by atoms with Gasteiger partial charge in [0.05, 0.1) is 13.7 Å². The van der Waals surface area contributed by atoms with Gasteiger partial charge in [-0.25, -0.2) is 0 Å². The van der Waals surface area contributed by atoms with Gasteiger partial charge in [-0.15, -0.1) is 0 Å². The zero-order valence-corrected chi connectivity index (χ0v) is 10.1. The van der Waals surface area contributed by atoms with Crippen LogP contribution in [0.4, 0.5) is 0 Å². The lowest BCUT2D eigenvalue weighted by Crippen LogP contribution is -2.05. The van der Waals surface area contributed by atoms with Gasteiger partial charge in [-0.3, -0.25) is 0 Å². The summed E-state index contributed by atoms with van der Waals surface area (Å²) in [5.74, 6) is 0.944. The molecule has 4 nitrogen and oxygen atoms in total. The first-order valence-electron chi connectivity index (χ1n) is 4.90. The summed E-state index contributed by atoms with van der Waals surface area (Å²) in [4.78, 5) is 0. The molecule has 0 bridgehead atoms. The van der Waals surface area contributed by atoms with E-state index in [0.29, 0.717) is 28.7 Å². The van der Waals surface area contributed by atoms with E-state index in [0.717, 1.165) is 0 Å². The Morgan fingerprint density at radius 1 is 1.38 bits per heavy atom. The summed E-state index contributed by atoms with van der Waals surface area (Å²) < 4.78 is 15.6. The van der Waals surface area contributed by atoms with Gasteiger partial charge in [-0.05, 0) is 13.0 Å². The second-order valence-corrected chi connectivity index (χ2v) is 3.45. The van der Waals surface area contributed by atoms with Gasteiger partial charge in [-0.1, -0.05) is 11.6 Å². The molecule has 1 N–H and O–H groups in total. The fourth-order valence-electron chi connectivity index (χ4n) is 1.24. The monoisotopic (exact) mass is 246 g/mol. The van der Waals surface area contributed by atoms with Crippen LogP contribution < -0.4 is 9.47 Å². The zero-order chi connectivity index (χ0) is 12.0. The molecule has 0 saturated heterocycles. The number of benzene rings is 1. The van der Waals surface area contributed by atoms with Gasteiger partial charge in [0.25, 0.3) is 0 Å². The van der Waals surface area contributed by atoms with Gasteiger partial charge in [0.1, 0.15) is 0 Å². The van der Waals surface area contributed by atoms with Crippen LogP contribution in [-0.2, 0) is 11.3 Å². The number of aliphatic hydroxyl groups is 1. The lowest BCUT2D eigenvalue weighted by molar-refractivity contribution is 0.0196. The SMILES string of the molecule is CCOCOc1c(CO)cc(Cl)cc1OC. The van der Waals surface area contributed by atoms with E-state index in [1.54, 1.807) is 12.1 Å². The summed E-state index contributed by atoms with van der Waals surface area (Å²) in [5, 5.41) is 9.67. The molecule has 0 fully saturated rings. The van der Waals surface area contributed by atoms with Crippen molar-refractivity contribution in [2.75, 3.05) is 20.5 Å². The average molecular weight is 247 g/mol. The first-order valence-corrected chi connectivity index (χ1v) is 5.28. The second-order valence-electron chi connectivity index (χ2n) is 3.01. The van der Waals surface area contributed by atoms with E-state index >= 15 is 0 Å². The summed E-state index contributed by atoms with van der Waals surface area (Å²) in [6.45, 7) is 2.37. The fraction of sp³-hybridized carbons (Fsp3) is 0.455. The molecule has 1 rings (SSSR count). The van der Waals surface area contributed by atoms with Crippen LogP contribution in [-0.4, -0.2) is 25.6 Å². The van der Waals surface area contributed by atoms with Crippen molar-refractivity contribution in [3.8, 4) is 11.5 Å². The molecule has 0 atom stereocenters. The first kappa shape index (κ1) is 13.1. The van der Waals surface area contributed by atoms with Gasteiger partial charge in [-0.2, -0.15) is 0 Å². The minimum Gasteiger partial charge on any atom is -0.493 e. The number of aliphatic hydroxyl groups excluding tert-OH is 1. The van der Waals surface area contributed by atoms with E-state index in [2.05, 4.69) is 0 Å². The Kier molecular flexibility index (Phi) is 5.38. The Bertz CT molecular complexity index is 316. The number of methoxy groups -OCH3 is 1. The molecule has 0 saturated carbocycles. The minimum atomic E-state index is -0.168. The number of halogens is 1. The number of hydrogen-bond acceptors (Lipinski definition) is 4. The summed E-state index contributed by atoms with van der Waals surface area (Å²) in [5.41, 5.74) is 0.573. The maximum absolute atomic E-state index is 9.18. The molecule has 0 unspecified atom stereocenters. The Morgan fingerprint density at radius 3 is 2.69 bits per heavy atom. The maximum atomic E-state index is 9.18. The van der Waals surface area contributed by atoms with E-state index in [1.807, 2.05) is 6.92 Å². The molecular weight excluding hydrogens is 232 g/mol. The Hall–Kier alpha value is -0.970. The zero-order valence-electron chi connectivity index (χ0n) is 9.33. The molecular formula is C11H15ClO4. The molecule has 0 aliphatic carbocycles. The minimum absolute atomic E-state index is 0.113. The molecule has 1 aromatic rings. The standard InChI is InChI=1S/C11H15ClO4/c1-3-15-7-16-11-8(6-13)4-9(12)5-10(11)14-2/h4-5,13H,3,6-7H2,1-2H3. The van der Waals surface area contributed by atoms with Crippen LogP contribution in [0.3, 0.4) is 0 Å². The van der Waals surface area contributed by atoms with Crippen molar-refractivity contribution in [2.24, 2.45) is 0 Å². The molecule has 0 aliphatic heterocycles. The molecule has 16 heavy (non-hydrogen) atoms. The molecule has 1 aromatic carbocycles. The van der Waals surface area contributed by atoms with E-state index in [9.17, 15) is 5.11 Å². The Labute approximate surface area is 99.7 Å². The highest BCUT2D eigenvalue weighted by molar-refractivity contribution is 6.30. The average Bonchev–Trinajstić information content (AvgIpc) is 2.30. The van der Waals surface area contributed by atoms with Crippen LogP contribution in [0, 0.1) is 0 Å². The molecule has 0 amide bonds. The fourth-order valence-corrected chi connectivity index (χ4v) is 1.47. The topological polar surface area (TPSA) is 47.9 Å². The lowest BCUT2D eigenvalue weighted by atomic mass is 10.2. The molecule has 0 spiro atoms. The largest absolute Gasteiger partial charge is 0.493 e. The van der Waals surface area contributed by atoms with Crippen LogP contribution in [0.1, 0.15) is 12.5 Å². The second kappa shape index (κ2) is 6.58. The Morgan fingerprint density at radius 2 is 2.12 bits per heavy atom. The third-order valence-electron chi connectivity index (χ3n) is 1.98. The van der Waals surface area contributed by atoms with Crippen LogP contribution in [0.5, 0.6) is 11.5 Å². The molecule has 5 heteroatoms. The summed E-state index contributed by atoms with van der Waals surface area (Å²) in [6.07, 6.45) is 0. The smallest absolute Gasteiger partial charge is 0.189 e. The number of ether oxygens (including phenoxy) is 3. The van der Waals surface area contributed by atoms with E-state index in [-0.39, 0.29) is 13.4 Å². The van der Waals surface area contributed by atoms with Crippen molar-refractivity contribution in [3.05, 3.63) is 22.7 Å². The predicted molar refractivity (Wildman–Crippen MR) is 61.0 cm³/mol. The van der Waals surface area contributed by atoms with E-state index in [4.69, 9.17) is 25.8 Å². The van der Waals surface area contributed by atoms with Crippen molar-refractivity contribution in [1.29, 1.82) is 0 Å². The Balaban J connectivity index is 2.93. The van der Waals surface area contributed by atoms with Crippen molar-refractivity contribution in [1.82, 2.24) is 0 Å². The van der Waals surface area contributed by atoms with Gasteiger partial charge >= 0.3 is 0 Å². The molecule has 90 valence electrons. The van der Waals surface area contributed by atoms with Crippen LogP contribution in [0.2, 0.25) is 5.02 Å². The van der Waals surface area contributed by atoms with Gasteiger partial charge in [0.2, 0.25) is 0 Å². The lowest BCUT2D eigenvalue weighted by Gasteiger charge is -2.14. The third kappa shape index (κ3) is 3.27. The van der Waals surface area contributed by atoms with E-state index in [1.165, 1.54) is 7.11 Å². The third-order valence-corrected chi connectivity index (χ3v) is 2.20. The maximum Gasteiger partial charge on any atom is 0.189 e. The van der Waals surface area contributed by atoms with Crippen LogP contribution >= 0.6 is 11.6 Å². The number of rotatable bonds is 6.